The van der Waals surface area contributed by atoms with Crippen molar-refractivity contribution in [1.29, 1.82) is 0 Å². The lowest BCUT2D eigenvalue weighted by atomic mass is 10.1. The standard InChI is InChI=1S/C18H23N3O7/c1-10(22)15-17(25)19-8-9-28-13-5-3-2-4-11(13)16(24)20-12(18(26)27)6-7-14(23)21-15/h2-5,10,12,15,22H,6-9H2,1H3,(H,19,25)(H,20,24)(H,21,23)(H,26,27)/t10-,12+,15+/m1/s1. The van der Waals surface area contributed by atoms with Crippen molar-refractivity contribution in [2.75, 3.05) is 13.2 Å². The van der Waals surface area contributed by atoms with E-state index in [1.807, 2.05) is 0 Å². The van der Waals surface area contributed by atoms with Gasteiger partial charge in [-0.3, -0.25) is 14.4 Å². The van der Waals surface area contributed by atoms with Crippen molar-refractivity contribution < 1.29 is 34.1 Å². The van der Waals surface area contributed by atoms with Gasteiger partial charge in [0.15, 0.2) is 0 Å². The molecule has 2 rings (SSSR count). The Morgan fingerprint density at radius 2 is 1.93 bits per heavy atom. The maximum absolute atomic E-state index is 12.5. The number of nitrogens with one attached hydrogen (secondary N) is 3. The summed E-state index contributed by atoms with van der Waals surface area (Å²) < 4.78 is 5.52. The Kier molecular flexibility index (Phi) is 7.33. The highest BCUT2D eigenvalue weighted by Gasteiger charge is 2.28. The van der Waals surface area contributed by atoms with E-state index < -0.39 is 41.9 Å². The van der Waals surface area contributed by atoms with Gasteiger partial charge in [-0.15, -0.1) is 0 Å². The van der Waals surface area contributed by atoms with Gasteiger partial charge in [-0.2, -0.15) is 0 Å². The van der Waals surface area contributed by atoms with Gasteiger partial charge in [0.2, 0.25) is 11.8 Å². The Balaban J connectivity index is 2.27. The number of aliphatic hydroxyl groups is 1. The molecule has 0 aromatic heterocycles. The van der Waals surface area contributed by atoms with Gasteiger partial charge >= 0.3 is 5.97 Å². The molecule has 1 aromatic rings. The van der Waals surface area contributed by atoms with E-state index in [2.05, 4.69) is 16.0 Å². The van der Waals surface area contributed by atoms with E-state index in [-0.39, 0.29) is 37.3 Å². The number of rotatable bonds is 2. The lowest BCUT2D eigenvalue weighted by Gasteiger charge is -2.21. The van der Waals surface area contributed by atoms with Gasteiger partial charge in [0.25, 0.3) is 5.91 Å². The van der Waals surface area contributed by atoms with Gasteiger partial charge < -0.3 is 30.9 Å². The monoisotopic (exact) mass is 393 g/mol. The van der Waals surface area contributed by atoms with Gasteiger partial charge in [-0.25, -0.2) is 4.79 Å². The second kappa shape index (κ2) is 9.70. The van der Waals surface area contributed by atoms with Crippen LogP contribution < -0.4 is 20.7 Å². The summed E-state index contributed by atoms with van der Waals surface area (Å²) in [6.07, 6.45) is -1.60. The number of carboxylic acid groups (broad SMARTS) is 1. The van der Waals surface area contributed by atoms with Crippen molar-refractivity contribution in [3.63, 3.8) is 0 Å². The number of fused-ring (bicyclic) bond motifs is 1. The fourth-order valence-electron chi connectivity index (χ4n) is 2.64. The molecule has 0 saturated heterocycles. The van der Waals surface area contributed by atoms with E-state index in [0.717, 1.165) is 0 Å². The molecule has 3 atom stereocenters. The van der Waals surface area contributed by atoms with Crippen LogP contribution in [0, 0.1) is 0 Å². The quantitative estimate of drug-likeness (QED) is 0.433. The predicted molar refractivity (Wildman–Crippen MR) is 96.7 cm³/mol. The number of aliphatic carboxylic acids is 1. The summed E-state index contributed by atoms with van der Waals surface area (Å²) >= 11 is 0. The molecule has 5 N–H and O–H groups in total. The van der Waals surface area contributed by atoms with Crippen LogP contribution >= 0.6 is 0 Å². The molecule has 0 unspecified atom stereocenters. The molecule has 10 heteroatoms. The maximum Gasteiger partial charge on any atom is 0.326 e. The zero-order chi connectivity index (χ0) is 20.7. The Labute approximate surface area is 161 Å². The largest absolute Gasteiger partial charge is 0.491 e. The summed E-state index contributed by atoms with van der Waals surface area (Å²) in [6.45, 7) is 1.45. The Morgan fingerprint density at radius 3 is 2.61 bits per heavy atom. The van der Waals surface area contributed by atoms with Crippen molar-refractivity contribution >= 4 is 23.7 Å². The molecule has 0 spiro atoms. The number of aliphatic hydroxyl groups excluding tert-OH is 1. The molecule has 0 fully saturated rings. The topological polar surface area (TPSA) is 154 Å². The minimum Gasteiger partial charge on any atom is -0.491 e. The molecule has 10 nitrogen and oxygen atoms in total. The van der Waals surface area contributed by atoms with E-state index >= 15 is 0 Å². The molecular formula is C18H23N3O7. The van der Waals surface area contributed by atoms with E-state index in [0.29, 0.717) is 0 Å². The van der Waals surface area contributed by atoms with Crippen molar-refractivity contribution in [2.24, 2.45) is 0 Å². The van der Waals surface area contributed by atoms with Crippen LogP contribution in [0.25, 0.3) is 0 Å². The normalized spacial score (nSPS) is 22.9. The van der Waals surface area contributed by atoms with Gasteiger partial charge in [0.1, 0.15) is 24.4 Å². The van der Waals surface area contributed by atoms with Crippen molar-refractivity contribution in [3.8, 4) is 5.75 Å². The summed E-state index contributed by atoms with van der Waals surface area (Å²) in [4.78, 5) is 48.2. The molecule has 0 bridgehead atoms. The Morgan fingerprint density at radius 1 is 1.21 bits per heavy atom. The number of carboxylic acids is 1. The third-order valence-electron chi connectivity index (χ3n) is 4.14. The molecule has 1 heterocycles. The van der Waals surface area contributed by atoms with Crippen LogP contribution in [0.3, 0.4) is 0 Å². The predicted octanol–water partition coefficient (Wildman–Crippen LogP) is -0.976. The molecule has 1 aromatic carbocycles. The number of carbonyl (C=O) groups excluding carboxylic acids is 3. The number of para-hydroxylation sites is 1. The fraction of sp³-hybridized carbons (Fsp3) is 0.444. The SMILES string of the molecule is C[C@@H](O)[C@@H]1NC(=O)CC[C@@H](C(=O)O)NC(=O)c2ccccc2OCCNC1=O. The summed E-state index contributed by atoms with van der Waals surface area (Å²) in [6, 6.07) is 3.79. The van der Waals surface area contributed by atoms with E-state index in [9.17, 15) is 29.4 Å². The minimum atomic E-state index is -1.31. The van der Waals surface area contributed by atoms with Crippen LogP contribution in [-0.2, 0) is 14.4 Å². The molecule has 1 aliphatic heterocycles. The van der Waals surface area contributed by atoms with Crippen LogP contribution in [0.5, 0.6) is 5.75 Å². The van der Waals surface area contributed by atoms with Crippen LogP contribution in [0.15, 0.2) is 24.3 Å². The molecule has 3 amide bonds. The fourth-order valence-corrected chi connectivity index (χ4v) is 2.64. The summed E-state index contributed by atoms with van der Waals surface area (Å²) in [5.41, 5.74) is 0.140. The second-order valence-corrected chi connectivity index (χ2v) is 6.32. The molecule has 152 valence electrons. The highest BCUT2D eigenvalue weighted by molar-refractivity contribution is 5.99. The molecule has 0 aliphatic carbocycles. The maximum atomic E-state index is 12.5. The lowest BCUT2D eigenvalue weighted by Crippen LogP contribution is -2.53. The first-order chi connectivity index (χ1) is 13.3. The van der Waals surface area contributed by atoms with Gasteiger partial charge in [0, 0.05) is 6.42 Å². The Hall–Kier alpha value is -3.14. The number of carbonyl (C=O) groups is 4. The summed E-state index contributed by atoms with van der Waals surface area (Å²) in [5.74, 6) is -2.93. The number of ether oxygens (including phenoxy) is 1. The van der Waals surface area contributed by atoms with Crippen LogP contribution in [-0.4, -0.2) is 65.2 Å². The van der Waals surface area contributed by atoms with Crippen molar-refractivity contribution in [3.05, 3.63) is 29.8 Å². The zero-order valence-electron chi connectivity index (χ0n) is 15.3. The summed E-state index contributed by atoms with van der Waals surface area (Å²) in [5, 5.41) is 26.4. The van der Waals surface area contributed by atoms with Gasteiger partial charge in [-0.05, 0) is 25.5 Å². The number of amides is 3. The zero-order valence-corrected chi connectivity index (χ0v) is 15.3. The Bertz CT molecular complexity index is 750. The smallest absolute Gasteiger partial charge is 0.326 e. The average molecular weight is 393 g/mol. The highest BCUT2D eigenvalue weighted by atomic mass is 16.5. The average Bonchev–Trinajstić information content (AvgIpc) is 2.65. The van der Waals surface area contributed by atoms with Crippen LogP contribution in [0.1, 0.15) is 30.1 Å². The van der Waals surface area contributed by atoms with E-state index in [1.165, 1.54) is 13.0 Å². The first-order valence-electron chi connectivity index (χ1n) is 8.80. The first-order valence-corrected chi connectivity index (χ1v) is 8.80. The highest BCUT2D eigenvalue weighted by Crippen LogP contribution is 2.18. The van der Waals surface area contributed by atoms with Crippen molar-refractivity contribution in [2.45, 2.75) is 38.0 Å². The first kappa shape index (κ1) is 21.2. The number of hydrogen-bond donors (Lipinski definition) is 5. The van der Waals surface area contributed by atoms with Crippen LogP contribution in [0.4, 0.5) is 0 Å². The van der Waals surface area contributed by atoms with E-state index in [1.54, 1.807) is 18.2 Å². The molecule has 0 radical (unpaired) electrons. The third-order valence-corrected chi connectivity index (χ3v) is 4.14. The van der Waals surface area contributed by atoms with Crippen molar-refractivity contribution in [1.82, 2.24) is 16.0 Å². The van der Waals surface area contributed by atoms with E-state index in [4.69, 9.17) is 4.74 Å². The summed E-state index contributed by atoms with van der Waals surface area (Å²) in [7, 11) is 0. The molecule has 1 aliphatic rings. The second-order valence-electron chi connectivity index (χ2n) is 6.32. The third kappa shape index (κ3) is 5.68. The molecular weight excluding hydrogens is 370 g/mol. The number of hydrogen-bond acceptors (Lipinski definition) is 6. The molecule has 0 saturated carbocycles. The molecule has 28 heavy (non-hydrogen) atoms. The van der Waals surface area contributed by atoms with Gasteiger partial charge in [-0.1, -0.05) is 12.1 Å². The minimum absolute atomic E-state index is 0.0267. The lowest BCUT2D eigenvalue weighted by molar-refractivity contribution is -0.139. The number of benzene rings is 1. The van der Waals surface area contributed by atoms with Crippen LogP contribution in [0.2, 0.25) is 0 Å². The van der Waals surface area contributed by atoms with Gasteiger partial charge in [0.05, 0.1) is 18.2 Å².